The Bertz CT molecular complexity index is 566. The third-order valence-electron chi connectivity index (χ3n) is 3.76. The SMILES string of the molecule is CNc1nc(NC2CCCC2C)nc(-n2ccnc2)n1. The van der Waals surface area contributed by atoms with Gasteiger partial charge in [-0.1, -0.05) is 13.3 Å². The van der Waals surface area contributed by atoms with E-state index in [0.717, 1.165) is 0 Å². The van der Waals surface area contributed by atoms with Gasteiger partial charge in [-0.25, -0.2) is 4.98 Å². The number of nitrogens with one attached hydrogen (secondary N) is 2. The van der Waals surface area contributed by atoms with Gasteiger partial charge in [0.2, 0.25) is 17.8 Å². The van der Waals surface area contributed by atoms with Crippen molar-refractivity contribution in [2.75, 3.05) is 17.7 Å². The highest BCUT2D eigenvalue weighted by atomic mass is 15.3. The highest BCUT2D eigenvalue weighted by Crippen LogP contribution is 2.27. The van der Waals surface area contributed by atoms with Crippen molar-refractivity contribution in [3.8, 4) is 5.95 Å². The average Bonchev–Trinajstić information content (AvgIpc) is 3.11. The number of imidazole rings is 1. The summed E-state index contributed by atoms with van der Waals surface area (Å²) in [6.07, 6.45) is 8.89. The first-order valence-corrected chi connectivity index (χ1v) is 6.95. The van der Waals surface area contributed by atoms with Crippen molar-refractivity contribution >= 4 is 11.9 Å². The van der Waals surface area contributed by atoms with E-state index in [-0.39, 0.29) is 0 Å². The number of rotatable bonds is 4. The Labute approximate surface area is 117 Å². The zero-order chi connectivity index (χ0) is 13.9. The van der Waals surface area contributed by atoms with Crippen LogP contribution in [0.1, 0.15) is 26.2 Å². The predicted octanol–water partition coefficient (Wildman–Crippen LogP) is 1.70. The molecule has 20 heavy (non-hydrogen) atoms. The van der Waals surface area contributed by atoms with Crippen LogP contribution in [0.25, 0.3) is 5.95 Å². The topological polar surface area (TPSA) is 80.5 Å². The normalized spacial score (nSPS) is 21.9. The van der Waals surface area contributed by atoms with Crippen LogP contribution in [-0.4, -0.2) is 37.6 Å². The molecular weight excluding hydrogens is 254 g/mol. The molecule has 2 atom stereocenters. The molecule has 2 unspecified atom stereocenters. The lowest BCUT2D eigenvalue weighted by Crippen LogP contribution is -2.24. The highest BCUT2D eigenvalue weighted by molar-refractivity contribution is 5.38. The summed E-state index contributed by atoms with van der Waals surface area (Å²) in [5.41, 5.74) is 0. The first-order chi connectivity index (χ1) is 9.76. The van der Waals surface area contributed by atoms with Gasteiger partial charge >= 0.3 is 0 Å². The van der Waals surface area contributed by atoms with E-state index in [1.807, 2.05) is 6.20 Å². The Kier molecular flexibility index (Phi) is 3.49. The second kappa shape index (κ2) is 5.44. The third kappa shape index (κ3) is 2.56. The predicted molar refractivity (Wildman–Crippen MR) is 76.9 cm³/mol. The van der Waals surface area contributed by atoms with Crippen LogP contribution < -0.4 is 10.6 Å². The number of nitrogens with zero attached hydrogens (tertiary/aromatic N) is 5. The maximum atomic E-state index is 4.47. The van der Waals surface area contributed by atoms with Crippen molar-refractivity contribution in [1.29, 1.82) is 0 Å². The number of hydrogen-bond acceptors (Lipinski definition) is 6. The van der Waals surface area contributed by atoms with Crippen LogP contribution in [0.2, 0.25) is 0 Å². The number of aromatic nitrogens is 5. The summed E-state index contributed by atoms with van der Waals surface area (Å²) >= 11 is 0. The van der Waals surface area contributed by atoms with E-state index >= 15 is 0 Å². The first kappa shape index (κ1) is 12.8. The minimum absolute atomic E-state index is 0.442. The molecule has 0 amide bonds. The lowest BCUT2D eigenvalue weighted by atomic mass is 10.1. The second-order valence-corrected chi connectivity index (χ2v) is 5.16. The molecule has 2 N–H and O–H groups in total. The molecule has 1 aliphatic carbocycles. The van der Waals surface area contributed by atoms with Crippen LogP contribution in [0.15, 0.2) is 18.7 Å². The summed E-state index contributed by atoms with van der Waals surface area (Å²) in [4.78, 5) is 17.2. The Morgan fingerprint density at radius 2 is 2.05 bits per heavy atom. The molecule has 0 aromatic carbocycles. The molecule has 0 spiro atoms. The number of anilines is 2. The van der Waals surface area contributed by atoms with E-state index in [1.54, 1.807) is 24.1 Å². The van der Waals surface area contributed by atoms with Gasteiger partial charge in [0, 0.05) is 25.5 Å². The molecule has 7 nitrogen and oxygen atoms in total. The summed E-state index contributed by atoms with van der Waals surface area (Å²) < 4.78 is 1.77. The summed E-state index contributed by atoms with van der Waals surface area (Å²) in [5.74, 6) is 2.39. The van der Waals surface area contributed by atoms with E-state index in [2.05, 4.69) is 37.5 Å². The molecule has 7 heteroatoms. The molecular formula is C13H19N7. The maximum Gasteiger partial charge on any atom is 0.241 e. The van der Waals surface area contributed by atoms with Gasteiger partial charge in [-0.05, 0) is 18.8 Å². The molecule has 0 saturated heterocycles. The minimum atomic E-state index is 0.442. The Morgan fingerprint density at radius 3 is 2.70 bits per heavy atom. The Balaban J connectivity index is 1.88. The quantitative estimate of drug-likeness (QED) is 0.882. The average molecular weight is 273 g/mol. The van der Waals surface area contributed by atoms with Crippen LogP contribution in [-0.2, 0) is 0 Å². The molecule has 2 heterocycles. The largest absolute Gasteiger partial charge is 0.357 e. The molecule has 2 aromatic rings. The molecule has 0 radical (unpaired) electrons. The van der Waals surface area contributed by atoms with E-state index in [9.17, 15) is 0 Å². The summed E-state index contributed by atoms with van der Waals surface area (Å²) in [6.45, 7) is 2.27. The Morgan fingerprint density at radius 1 is 1.20 bits per heavy atom. The summed E-state index contributed by atoms with van der Waals surface area (Å²) in [6, 6.07) is 0.442. The van der Waals surface area contributed by atoms with Gasteiger partial charge in [0.05, 0.1) is 0 Å². The van der Waals surface area contributed by atoms with Crippen molar-refractivity contribution < 1.29 is 0 Å². The van der Waals surface area contributed by atoms with Gasteiger partial charge < -0.3 is 10.6 Å². The van der Waals surface area contributed by atoms with Gasteiger partial charge in [-0.3, -0.25) is 4.57 Å². The highest BCUT2D eigenvalue weighted by Gasteiger charge is 2.24. The molecule has 0 aliphatic heterocycles. The lowest BCUT2D eigenvalue weighted by molar-refractivity contribution is 0.552. The molecule has 1 fully saturated rings. The van der Waals surface area contributed by atoms with Crippen molar-refractivity contribution in [3.63, 3.8) is 0 Å². The van der Waals surface area contributed by atoms with Crippen LogP contribution in [0.5, 0.6) is 0 Å². The third-order valence-corrected chi connectivity index (χ3v) is 3.76. The van der Waals surface area contributed by atoms with Crippen molar-refractivity contribution in [1.82, 2.24) is 24.5 Å². The molecule has 2 aromatic heterocycles. The molecule has 106 valence electrons. The fourth-order valence-corrected chi connectivity index (χ4v) is 2.56. The monoisotopic (exact) mass is 273 g/mol. The Hall–Kier alpha value is -2.18. The van der Waals surface area contributed by atoms with Gasteiger partial charge in [0.15, 0.2) is 0 Å². The number of hydrogen-bond donors (Lipinski definition) is 2. The molecule has 1 saturated carbocycles. The van der Waals surface area contributed by atoms with Crippen LogP contribution in [0, 0.1) is 5.92 Å². The van der Waals surface area contributed by atoms with E-state index in [1.165, 1.54) is 19.3 Å². The first-order valence-electron chi connectivity index (χ1n) is 6.95. The second-order valence-electron chi connectivity index (χ2n) is 5.16. The smallest absolute Gasteiger partial charge is 0.241 e. The zero-order valence-electron chi connectivity index (χ0n) is 11.7. The van der Waals surface area contributed by atoms with Crippen LogP contribution >= 0.6 is 0 Å². The fourth-order valence-electron chi connectivity index (χ4n) is 2.56. The molecule has 1 aliphatic rings. The van der Waals surface area contributed by atoms with E-state index in [4.69, 9.17) is 0 Å². The van der Waals surface area contributed by atoms with Crippen LogP contribution in [0.3, 0.4) is 0 Å². The van der Waals surface area contributed by atoms with Gasteiger partial charge in [-0.15, -0.1) is 0 Å². The molecule has 0 bridgehead atoms. The van der Waals surface area contributed by atoms with Gasteiger partial charge in [0.1, 0.15) is 6.33 Å². The van der Waals surface area contributed by atoms with Crippen molar-refractivity contribution in [2.24, 2.45) is 5.92 Å². The minimum Gasteiger partial charge on any atom is -0.357 e. The summed E-state index contributed by atoms with van der Waals surface area (Å²) in [7, 11) is 1.80. The molecule has 3 rings (SSSR count). The lowest BCUT2D eigenvalue weighted by Gasteiger charge is -2.17. The van der Waals surface area contributed by atoms with E-state index < -0.39 is 0 Å². The van der Waals surface area contributed by atoms with Crippen LogP contribution in [0.4, 0.5) is 11.9 Å². The maximum absolute atomic E-state index is 4.47. The van der Waals surface area contributed by atoms with Crippen molar-refractivity contribution in [3.05, 3.63) is 18.7 Å². The van der Waals surface area contributed by atoms with Gasteiger partial charge in [-0.2, -0.15) is 15.0 Å². The van der Waals surface area contributed by atoms with Crippen molar-refractivity contribution in [2.45, 2.75) is 32.2 Å². The standard InChI is InChI=1S/C13H19N7/c1-9-4-3-5-10(9)16-12-17-11(14-2)18-13(19-12)20-7-6-15-8-20/h6-10H,3-5H2,1-2H3,(H2,14,16,17,18,19). The zero-order valence-corrected chi connectivity index (χ0v) is 11.7. The van der Waals surface area contributed by atoms with Gasteiger partial charge in [0.25, 0.3) is 0 Å². The van der Waals surface area contributed by atoms with E-state index in [0.29, 0.717) is 29.8 Å². The fraction of sp³-hybridized carbons (Fsp3) is 0.538. The summed E-state index contributed by atoms with van der Waals surface area (Å²) in [5, 5.41) is 6.40.